The fourth-order valence-corrected chi connectivity index (χ4v) is 15.2. The number of fused-ring (bicyclic) bond motifs is 7. The van der Waals surface area contributed by atoms with Gasteiger partial charge in [0.15, 0.2) is 5.78 Å². The molecule has 1 aromatic rings. The standard InChI is InChI=1S/C52H80N2O4/c1-33(2)42-38(55)32-52(53-45(57)46(3,4)24-17-29-54(12)13)28-27-50(10)36(43(42)52)20-21-40-49(9)25-23-41(48(7,8)39(49)22-26-51(40,50)11)58-44(56)37-31-35(47(37,5)6)30-34-18-15-14-16-19-34/h14-16,18-19,33,35-37,39-41H,17,20-32H2,1-13H3,(H,53,57)/t35-,36-,37-,39+,40-,41+,49+,50-,51-,52-/m1/s1. The zero-order valence-electron chi connectivity index (χ0n) is 38.9. The van der Waals surface area contributed by atoms with Crippen molar-refractivity contribution in [1.82, 2.24) is 10.2 Å². The van der Waals surface area contributed by atoms with Crippen molar-refractivity contribution < 1.29 is 19.1 Å². The van der Waals surface area contributed by atoms with Crippen molar-refractivity contribution in [1.29, 1.82) is 0 Å². The van der Waals surface area contributed by atoms with Gasteiger partial charge >= 0.3 is 5.97 Å². The van der Waals surface area contributed by atoms with E-state index in [9.17, 15) is 14.4 Å². The number of carbonyl (C=O) groups is 3. The van der Waals surface area contributed by atoms with Crippen molar-refractivity contribution in [3.8, 4) is 0 Å². The topological polar surface area (TPSA) is 75.7 Å². The Morgan fingerprint density at radius 2 is 1.55 bits per heavy atom. The summed E-state index contributed by atoms with van der Waals surface area (Å²) in [6, 6.07) is 10.7. The highest BCUT2D eigenvalue weighted by molar-refractivity contribution is 6.02. The van der Waals surface area contributed by atoms with Gasteiger partial charge in [0.2, 0.25) is 5.91 Å². The summed E-state index contributed by atoms with van der Waals surface area (Å²) < 4.78 is 6.68. The molecule has 0 unspecified atom stereocenters. The third-order valence-corrected chi connectivity index (χ3v) is 19.1. The van der Waals surface area contributed by atoms with Gasteiger partial charge < -0.3 is 15.0 Å². The maximum atomic E-state index is 14.3. The summed E-state index contributed by atoms with van der Waals surface area (Å²) in [5, 5.41) is 3.67. The lowest BCUT2D eigenvalue weighted by Gasteiger charge is -2.72. The average molecular weight is 797 g/mol. The molecule has 10 atom stereocenters. The van der Waals surface area contributed by atoms with E-state index in [-0.39, 0.29) is 68.6 Å². The molecule has 0 heterocycles. The number of esters is 1. The first-order valence-electron chi connectivity index (χ1n) is 23.4. The molecule has 1 aromatic carbocycles. The maximum absolute atomic E-state index is 14.3. The largest absolute Gasteiger partial charge is 0.462 e. The summed E-state index contributed by atoms with van der Waals surface area (Å²) >= 11 is 0. The van der Waals surface area contributed by atoms with Crippen molar-refractivity contribution in [2.45, 2.75) is 171 Å². The molecule has 5 fully saturated rings. The average Bonchev–Trinajstić information content (AvgIpc) is 3.43. The Bertz CT molecular complexity index is 1790. The van der Waals surface area contributed by atoms with E-state index in [2.05, 4.69) is 131 Å². The van der Waals surface area contributed by atoms with E-state index in [1.807, 2.05) is 0 Å². The first-order valence-corrected chi connectivity index (χ1v) is 23.4. The molecule has 6 aliphatic rings. The van der Waals surface area contributed by atoms with Crippen molar-refractivity contribution in [3.05, 3.63) is 47.0 Å². The van der Waals surface area contributed by atoms with Crippen LogP contribution in [0.3, 0.4) is 0 Å². The normalized spacial score (nSPS) is 39.0. The molecule has 0 aliphatic heterocycles. The van der Waals surface area contributed by atoms with Crippen molar-refractivity contribution in [3.63, 3.8) is 0 Å². The molecule has 0 bridgehead atoms. The number of rotatable bonds is 11. The molecule has 322 valence electrons. The minimum Gasteiger partial charge on any atom is -0.462 e. The van der Waals surface area contributed by atoms with Crippen LogP contribution in [0.4, 0.5) is 0 Å². The monoisotopic (exact) mass is 797 g/mol. The molecule has 0 spiro atoms. The fraction of sp³-hybridized carbons (Fsp3) is 0.788. The van der Waals surface area contributed by atoms with Crippen LogP contribution < -0.4 is 5.32 Å². The van der Waals surface area contributed by atoms with Crippen LogP contribution in [0.5, 0.6) is 0 Å². The van der Waals surface area contributed by atoms with Crippen LogP contribution in [0, 0.1) is 68.0 Å². The van der Waals surface area contributed by atoms with Crippen LogP contribution in [-0.4, -0.2) is 54.8 Å². The summed E-state index contributed by atoms with van der Waals surface area (Å²) in [5.41, 5.74) is 2.70. The van der Waals surface area contributed by atoms with E-state index in [0.29, 0.717) is 24.2 Å². The first kappa shape index (κ1) is 43.6. The second kappa shape index (κ2) is 14.9. The Labute approximate surface area is 352 Å². The van der Waals surface area contributed by atoms with Crippen LogP contribution >= 0.6 is 0 Å². The number of allylic oxidation sites excluding steroid dienone is 1. The number of ether oxygens (including phenoxy) is 1. The summed E-state index contributed by atoms with van der Waals surface area (Å²) in [4.78, 5) is 44.7. The molecule has 58 heavy (non-hydrogen) atoms. The van der Waals surface area contributed by atoms with E-state index in [0.717, 1.165) is 89.2 Å². The highest BCUT2D eigenvalue weighted by Crippen LogP contribution is 2.76. The molecule has 0 radical (unpaired) electrons. The zero-order chi connectivity index (χ0) is 42.4. The summed E-state index contributed by atoms with van der Waals surface area (Å²) in [7, 11) is 4.17. The Balaban J connectivity index is 1.10. The Hall–Kier alpha value is -2.47. The third-order valence-electron chi connectivity index (χ3n) is 19.1. The smallest absolute Gasteiger partial charge is 0.309 e. The Morgan fingerprint density at radius 1 is 0.862 bits per heavy atom. The quantitative estimate of drug-likeness (QED) is 0.226. The van der Waals surface area contributed by atoms with Crippen molar-refractivity contribution >= 4 is 17.7 Å². The second-order valence-electron chi connectivity index (χ2n) is 23.8. The van der Waals surface area contributed by atoms with Gasteiger partial charge in [-0.2, -0.15) is 0 Å². The lowest BCUT2D eigenvalue weighted by Crippen LogP contribution is -2.67. The highest BCUT2D eigenvalue weighted by atomic mass is 16.5. The van der Waals surface area contributed by atoms with Gasteiger partial charge in [0.05, 0.1) is 11.5 Å². The Morgan fingerprint density at radius 3 is 2.19 bits per heavy atom. The van der Waals surface area contributed by atoms with Gasteiger partial charge in [-0.25, -0.2) is 0 Å². The Kier molecular flexibility index (Phi) is 11.2. The van der Waals surface area contributed by atoms with E-state index >= 15 is 0 Å². The number of hydrogen-bond acceptors (Lipinski definition) is 5. The molecular weight excluding hydrogens is 717 g/mol. The third kappa shape index (κ3) is 6.79. The number of Topliss-reactive ketones (excluding diaryl/α,β-unsaturated/α-hetero) is 1. The molecule has 1 N–H and O–H groups in total. The highest BCUT2D eigenvalue weighted by Gasteiger charge is 2.70. The number of ketones is 1. The lowest BCUT2D eigenvalue weighted by atomic mass is 9.33. The fourth-order valence-electron chi connectivity index (χ4n) is 15.2. The van der Waals surface area contributed by atoms with Gasteiger partial charge in [0, 0.05) is 17.3 Å². The number of carbonyl (C=O) groups excluding carboxylic acids is 3. The van der Waals surface area contributed by atoms with Crippen LogP contribution in [-0.2, 0) is 25.5 Å². The van der Waals surface area contributed by atoms with Gasteiger partial charge in [-0.05, 0) is 166 Å². The van der Waals surface area contributed by atoms with Crippen molar-refractivity contribution in [2.75, 3.05) is 20.6 Å². The van der Waals surface area contributed by atoms with Gasteiger partial charge in [-0.15, -0.1) is 0 Å². The molecule has 5 saturated carbocycles. The molecule has 6 nitrogen and oxygen atoms in total. The number of benzene rings is 1. The van der Waals surface area contributed by atoms with E-state index in [1.165, 1.54) is 11.1 Å². The molecule has 6 aliphatic carbocycles. The maximum Gasteiger partial charge on any atom is 0.309 e. The zero-order valence-corrected chi connectivity index (χ0v) is 38.9. The SMILES string of the molecule is CC(C)C1=C2[C@H]3CC[C@@H]4[C@@]5(C)CC[C@H](OC(=O)[C@H]6C[C@@H](Cc7ccccc7)C6(C)C)C(C)(C)[C@@H]5CC[C@@]4(C)[C@]3(C)CC[C@@]2(NC(=O)C(C)(C)CCCN(C)C)CC1=O. The summed E-state index contributed by atoms with van der Waals surface area (Å²) in [5.74, 6) is 2.28. The molecule has 1 amide bonds. The lowest BCUT2D eigenvalue weighted by molar-refractivity contribution is -0.235. The number of nitrogens with one attached hydrogen (secondary N) is 1. The molecular formula is C52H80N2O4. The molecule has 6 heteroatoms. The number of hydrogen-bond donors (Lipinski definition) is 1. The van der Waals surface area contributed by atoms with Crippen LogP contribution in [0.1, 0.15) is 159 Å². The molecule has 7 rings (SSSR count). The predicted octanol–water partition coefficient (Wildman–Crippen LogP) is 11.0. The van der Waals surface area contributed by atoms with Gasteiger partial charge in [0.25, 0.3) is 0 Å². The van der Waals surface area contributed by atoms with Gasteiger partial charge in [-0.1, -0.05) is 106 Å². The van der Waals surface area contributed by atoms with Crippen LogP contribution in [0.25, 0.3) is 0 Å². The molecule has 0 saturated heterocycles. The van der Waals surface area contributed by atoms with Crippen LogP contribution in [0.2, 0.25) is 0 Å². The van der Waals surface area contributed by atoms with E-state index in [1.54, 1.807) is 0 Å². The number of nitrogens with zero attached hydrogens (tertiary/aromatic N) is 1. The summed E-state index contributed by atoms with van der Waals surface area (Å²) in [6.45, 7) is 26.7. The number of amides is 1. The first-order chi connectivity index (χ1) is 26.9. The summed E-state index contributed by atoms with van der Waals surface area (Å²) in [6.07, 6.45) is 12.5. The van der Waals surface area contributed by atoms with E-state index < -0.39 is 11.0 Å². The second-order valence-corrected chi connectivity index (χ2v) is 23.8. The van der Waals surface area contributed by atoms with Crippen LogP contribution in [0.15, 0.2) is 41.5 Å². The van der Waals surface area contributed by atoms with Gasteiger partial charge in [-0.3, -0.25) is 14.4 Å². The van der Waals surface area contributed by atoms with Crippen molar-refractivity contribution in [2.24, 2.45) is 68.0 Å². The minimum atomic E-state index is -0.568. The minimum absolute atomic E-state index is 0.0268. The van der Waals surface area contributed by atoms with Gasteiger partial charge in [0.1, 0.15) is 6.10 Å². The predicted molar refractivity (Wildman–Crippen MR) is 235 cm³/mol. The van der Waals surface area contributed by atoms with E-state index in [4.69, 9.17) is 4.74 Å². The molecule has 0 aromatic heterocycles.